The third-order valence-corrected chi connectivity index (χ3v) is 3.93. The van der Waals surface area contributed by atoms with E-state index in [4.69, 9.17) is 4.74 Å². The van der Waals surface area contributed by atoms with Gasteiger partial charge in [0.25, 0.3) is 11.1 Å². The molecule has 0 fully saturated rings. The molecule has 0 spiro atoms. The maximum Gasteiger partial charge on any atom is 0.279 e. The number of aromatic nitrogens is 4. The molecule has 8 heteroatoms. The second-order valence-electron chi connectivity index (χ2n) is 4.61. The van der Waals surface area contributed by atoms with Gasteiger partial charge in [0.1, 0.15) is 0 Å². The van der Waals surface area contributed by atoms with E-state index in [1.54, 1.807) is 24.3 Å². The van der Waals surface area contributed by atoms with Crippen LogP contribution in [0.1, 0.15) is 6.92 Å². The van der Waals surface area contributed by atoms with Gasteiger partial charge in [-0.25, -0.2) is 4.98 Å². The highest BCUT2D eigenvalue weighted by Gasteiger charge is 2.12. The van der Waals surface area contributed by atoms with Gasteiger partial charge in [0.15, 0.2) is 11.0 Å². The van der Waals surface area contributed by atoms with Gasteiger partial charge in [-0.1, -0.05) is 30.8 Å². The van der Waals surface area contributed by atoms with Gasteiger partial charge in [0.05, 0.1) is 17.9 Å². The molecule has 2 aromatic heterocycles. The maximum absolute atomic E-state index is 12.6. The van der Waals surface area contributed by atoms with E-state index in [0.717, 1.165) is 10.4 Å². The minimum absolute atomic E-state index is 0.264. The first-order valence-electron chi connectivity index (χ1n) is 6.94. The first kappa shape index (κ1) is 15.3. The van der Waals surface area contributed by atoms with Crippen molar-refractivity contribution in [3.8, 4) is 11.7 Å². The zero-order valence-corrected chi connectivity index (χ0v) is 13.4. The molecule has 3 rings (SSSR count). The van der Waals surface area contributed by atoms with Crippen LogP contribution in [0, 0.1) is 0 Å². The summed E-state index contributed by atoms with van der Waals surface area (Å²) in [5.74, 6) is 1.36. The first-order valence-corrected chi connectivity index (χ1v) is 7.93. The molecule has 1 aromatic carbocycles. The maximum atomic E-state index is 12.6. The lowest BCUT2D eigenvalue weighted by atomic mass is 10.2. The summed E-state index contributed by atoms with van der Waals surface area (Å²) in [4.78, 5) is 33.3. The molecule has 0 bridgehead atoms. The molecule has 0 radical (unpaired) electrons. The number of hydrogen-bond donors (Lipinski definition) is 1. The van der Waals surface area contributed by atoms with Crippen molar-refractivity contribution in [3.05, 3.63) is 51.0 Å². The quantitative estimate of drug-likeness (QED) is 0.577. The number of rotatable bonds is 4. The molecule has 0 saturated heterocycles. The Labute approximate surface area is 135 Å². The summed E-state index contributed by atoms with van der Waals surface area (Å²) < 4.78 is 6.27. The van der Waals surface area contributed by atoms with E-state index in [1.165, 1.54) is 24.9 Å². The zero-order chi connectivity index (χ0) is 16.4. The van der Waals surface area contributed by atoms with E-state index >= 15 is 0 Å². The highest BCUT2D eigenvalue weighted by Crippen LogP contribution is 2.18. The largest absolute Gasteiger partial charge is 0.481 e. The Balaban J connectivity index is 2.28. The van der Waals surface area contributed by atoms with E-state index in [-0.39, 0.29) is 16.9 Å². The van der Waals surface area contributed by atoms with E-state index < -0.39 is 0 Å². The van der Waals surface area contributed by atoms with Crippen LogP contribution in [0.15, 0.2) is 45.1 Å². The summed E-state index contributed by atoms with van der Waals surface area (Å²) in [6, 6.07) is 8.16. The lowest BCUT2D eigenvalue weighted by Gasteiger charge is -2.09. The van der Waals surface area contributed by atoms with Crippen LogP contribution in [-0.4, -0.2) is 32.6 Å². The van der Waals surface area contributed by atoms with Gasteiger partial charge >= 0.3 is 0 Å². The third kappa shape index (κ3) is 2.85. The first-order chi connectivity index (χ1) is 11.1. The van der Waals surface area contributed by atoms with Crippen LogP contribution >= 0.6 is 11.8 Å². The molecule has 0 aliphatic carbocycles. The number of methoxy groups -OCH3 is 1. The van der Waals surface area contributed by atoms with Gasteiger partial charge in [-0.2, -0.15) is 9.67 Å². The topological polar surface area (TPSA) is 89.9 Å². The molecule has 7 nitrogen and oxygen atoms in total. The van der Waals surface area contributed by atoms with Crippen LogP contribution in [0.5, 0.6) is 5.88 Å². The van der Waals surface area contributed by atoms with Crippen molar-refractivity contribution in [2.75, 3.05) is 12.9 Å². The van der Waals surface area contributed by atoms with E-state index in [1.807, 2.05) is 6.92 Å². The van der Waals surface area contributed by atoms with Gasteiger partial charge in [-0.05, 0) is 17.9 Å². The van der Waals surface area contributed by atoms with E-state index in [9.17, 15) is 9.59 Å². The molecule has 0 saturated carbocycles. The number of nitrogens with zero attached hydrogens (tertiary/aromatic N) is 3. The number of hydrogen-bond acceptors (Lipinski definition) is 6. The molecule has 0 aliphatic heterocycles. The minimum Gasteiger partial charge on any atom is -0.481 e. The van der Waals surface area contributed by atoms with Crippen LogP contribution in [0.4, 0.5) is 0 Å². The molecule has 3 aromatic rings. The Bertz CT molecular complexity index is 980. The Kier molecular flexibility index (Phi) is 4.16. The number of H-pyrrole nitrogens is 1. The van der Waals surface area contributed by atoms with Crippen molar-refractivity contribution in [3.63, 3.8) is 0 Å². The second kappa shape index (κ2) is 6.25. The number of fused-ring (bicyclic) bond motifs is 1. The molecule has 23 heavy (non-hydrogen) atoms. The summed E-state index contributed by atoms with van der Waals surface area (Å²) in [5, 5.41) is 3.70. The number of benzene rings is 1. The molecular weight excluding hydrogens is 316 g/mol. The number of nitrogens with one attached hydrogen (secondary N) is 1. The van der Waals surface area contributed by atoms with E-state index in [0.29, 0.717) is 21.8 Å². The normalized spacial score (nSPS) is 10.9. The molecule has 0 unspecified atom stereocenters. The summed E-state index contributed by atoms with van der Waals surface area (Å²) >= 11 is 1.42. The lowest BCUT2D eigenvalue weighted by Crippen LogP contribution is -2.29. The molecular formula is C15H14N4O3S. The number of aromatic amines is 1. The Hall–Kier alpha value is -2.61. The molecule has 118 valence electrons. The fourth-order valence-corrected chi connectivity index (χ4v) is 2.74. The predicted molar refractivity (Wildman–Crippen MR) is 88.7 cm³/mol. The SMILES string of the molecule is CCSc1nc(OC)cc(-n2[nH]c(=O)c3ccccc3c2=O)n1. The van der Waals surface area contributed by atoms with Gasteiger partial charge in [-0.15, -0.1) is 0 Å². The minimum atomic E-state index is -0.359. The Morgan fingerprint density at radius 3 is 2.65 bits per heavy atom. The van der Waals surface area contributed by atoms with E-state index in [2.05, 4.69) is 15.1 Å². The van der Waals surface area contributed by atoms with Crippen LogP contribution in [0.25, 0.3) is 16.6 Å². The highest BCUT2D eigenvalue weighted by molar-refractivity contribution is 7.99. The molecule has 0 amide bonds. The summed E-state index contributed by atoms with van der Waals surface area (Å²) in [6.45, 7) is 1.97. The molecule has 0 aliphatic rings. The average Bonchev–Trinajstić information content (AvgIpc) is 2.58. The van der Waals surface area contributed by atoms with Gasteiger partial charge in [0.2, 0.25) is 5.88 Å². The standard InChI is InChI=1S/C15H14N4O3S/c1-3-23-15-16-11(8-12(17-15)22-2)19-14(21)10-7-5-4-6-9(10)13(20)18-19/h4-8H,3H2,1-2H3,(H,18,20). The predicted octanol–water partition coefficient (Wildman–Crippen LogP) is 1.59. The molecule has 2 heterocycles. The summed E-state index contributed by atoms with van der Waals surface area (Å²) in [6.07, 6.45) is 0. The molecule has 1 N–H and O–H groups in total. The van der Waals surface area contributed by atoms with Crippen molar-refractivity contribution in [1.82, 2.24) is 19.7 Å². The van der Waals surface area contributed by atoms with Crippen molar-refractivity contribution in [2.24, 2.45) is 0 Å². The lowest BCUT2D eigenvalue weighted by molar-refractivity contribution is 0.391. The Morgan fingerprint density at radius 2 is 1.96 bits per heavy atom. The fourth-order valence-electron chi connectivity index (χ4n) is 2.17. The number of thioether (sulfide) groups is 1. The summed E-state index contributed by atoms with van der Waals surface area (Å²) in [7, 11) is 1.48. The van der Waals surface area contributed by atoms with Crippen molar-refractivity contribution >= 4 is 22.5 Å². The zero-order valence-electron chi connectivity index (χ0n) is 12.6. The highest BCUT2D eigenvalue weighted by atomic mass is 32.2. The van der Waals surface area contributed by atoms with Crippen LogP contribution in [-0.2, 0) is 0 Å². The number of ether oxygens (including phenoxy) is 1. The molecule has 0 atom stereocenters. The summed E-state index contributed by atoms with van der Waals surface area (Å²) in [5.41, 5.74) is -0.712. The van der Waals surface area contributed by atoms with Gasteiger partial charge < -0.3 is 4.74 Å². The van der Waals surface area contributed by atoms with Crippen LogP contribution in [0.2, 0.25) is 0 Å². The second-order valence-corrected chi connectivity index (χ2v) is 5.84. The van der Waals surface area contributed by atoms with Crippen molar-refractivity contribution in [1.29, 1.82) is 0 Å². The van der Waals surface area contributed by atoms with Crippen molar-refractivity contribution < 1.29 is 4.74 Å². The average molecular weight is 330 g/mol. The fraction of sp³-hybridized carbons (Fsp3) is 0.200. The smallest absolute Gasteiger partial charge is 0.279 e. The third-order valence-electron chi connectivity index (χ3n) is 3.20. The van der Waals surface area contributed by atoms with Crippen LogP contribution < -0.4 is 15.9 Å². The van der Waals surface area contributed by atoms with Gasteiger partial charge in [0, 0.05) is 6.07 Å². The van der Waals surface area contributed by atoms with Crippen LogP contribution in [0.3, 0.4) is 0 Å². The Morgan fingerprint density at radius 1 is 1.22 bits per heavy atom. The van der Waals surface area contributed by atoms with Crippen molar-refractivity contribution in [2.45, 2.75) is 12.1 Å². The monoisotopic (exact) mass is 330 g/mol. The van der Waals surface area contributed by atoms with Gasteiger partial charge in [-0.3, -0.25) is 14.7 Å².